The Morgan fingerprint density at radius 3 is 1.27 bits per heavy atom. The van der Waals surface area contributed by atoms with E-state index in [9.17, 15) is 9.59 Å². The first-order chi connectivity index (χ1) is 23.6. The Bertz CT molecular complexity index is 1270. The van der Waals surface area contributed by atoms with Crippen LogP contribution in [0, 0.1) is 23.7 Å². The van der Waals surface area contributed by atoms with Gasteiger partial charge in [-0.05, 0) is 64.2 Å². The minimum absolute atomic E-state index is 0.0527. The predicted molar refractivity (Wildman–Crippen MR) is 194 cm³/mol. The molecule has 3 aromatic rings. The van der Waals surface area contributed by atoms with Gasteiger partial charge in [-0.25, -0.2) is 0 Å². The molecule has 262 valence electrons. The van der Waals surface area contributed by atoms with Crippen LogP contribution in [-0.2, 0) is 19.1 Å². The number of rotatable bonds is 18. The van der Waals surface area contributed by atoms with Crippen molar-refractivity contribution < 1.29 is 28.5 Å². The van der Waals surface area contributed by atoms with Crippen LogP contribution in [0.3, 0.4) is 0 Å². The molecule has 2 unspecified atom stereocenters. The third-order valence-corrected chi connectivity index (χ3v) is 10.6. The monoisotopic (exact) mass is 658 g/mol. The molecule has 0 heterocycles. The van der Waals surface area contributed by atoms with E-state index >= 15 is 0 Å². The quantitative estimate of drug-likeness (QED) is 0.0769. The number of esters is 2. The minimum atomic E-state index is -0.0630. The second kappa shape index (κ2) is 19.0. The van der Waals surface area contributed by atoms with Gasteiger partial charge in [0.05, 0.1) is 38.3 Å². The molecule has 2 fully saturated rings. The molecule has 0 aliphatic heterocycles. The summed E-state index contributed by atoms with van der Waals surface area (Å²) in [5.74, 6) is 2.75. The number of hydrogen-bond donors (Lipinski definition) is 0. The van der Waals surface area contributed by atoms with Crippen LogP contribution in [-0.4, -0.2) is 38.4 Å². The predicted octanol–water partition coefficient (Wildman–Crippen LogP) is 10.6. The fraction of sp³-hybridized carbons (Fsp3) is 0.619. The molecule has 0 amide bonds. The molecule has 2 atom stereocenters. The highest BCUT2D eigenvalue weighted by Gasteiger charge is 2.27. The van der Waals surface area contributed by atoms with Gasteiger partial charge < -0.3 is 18.9 Å². The van der Waals surface area contributed by atoms with Crippen molar-refractivity contribution in [2.24, 2.45) is 23.7 Å². The summed E-state index contributed by atoms with van der Waals surface area (Å²) in [4.78, 5) is 25.7. The van der Waals surface area contributed by atoms with Gasteiger partial charge >= 0.3 is 11.9 Å². The number of benzene rings is 3. The van der Waals surface area contributed by atoms with Crippen LogP contribution < -0.4 is 9.47 Å². The van der Waals surface area contributed by atoms with Crippen LogP contribution in [0.25, 0.3) is 21.5 Å². The molecule has 0 spiro atoms. The summed E-state index contributed by atoms with van der Waals surface area (Å²) in [6, 6.07) is 16.6. The van der Waals surface area contributed by atoms with Gasteiger partial charge in [-0.3, -0.25) is 9.59 Å². The van der Waals surface area contributed by atoms with Gasteiger partial charge in [0.15, 0.2) is 0 Å². The highest BCUT2D eigenvalue weighted by atomic mass is 16.5. The molecule has 0 saturated heterocycles. The first-order valence-corrected chi connectivity index (χ1v) is 19.1. The standard InChI is InChI=1S/C42H58O6/c1-3-45-41(43)33(29-31-17-7-5-8-18-31)21-15-27-47-39-35-23-11-13-25-37(35)40(38-26-14-12-24-36(38)39)48-28-16-22-34(42(44)46-4-2)30-32-19-9-6-10-20-32/h11-14,23-26,31-34H,3-10,15-22,27-30H2,1-2H3. The maximum Gasteiger partial charge on any atom is 0.308 e. The first-order valence-electron chi connectivity index (χ1n) is 19.1. The lowest BCUT2D eigenvalue weighted by Gasteiger charge is -2.26. The average molecular weight is 659 g/mol. The van der Waals surface area contributed by atoms with E-state index in [0.29, 0.717) is 38.3 Å². The molecule has 48 heavy (non-hydrogen) atoms. The van der Waals surface area contributed by atoms with E-state index in [4.69, 9.17) is 18.9 Å². The molecular formula is C42H58O6. The summed E-state index contributed by atoms with van der Waals surface area (Å²) in [5.41, 5.74) is 0. The Hall–Kier alpha value is -3.28. The number of hydrogen-bond acceptors (Lipinski definition) is 6. The summed E-state index contributed by atoms with van der Waals surface area (Å²) in [6.07, 6.45) is 17.6. The Morgan fingerprint density at radius 2 is 0.938 bits per heavy atom. The topological polar surface area (TPSA) is 71.1 Å². The average Bonchev–Trinajstić information content (AvgIpc) is 3.12. The largest absolute Gasteiger partial charge is 0.492 e. The minimum Gasteiger partial charge on any atom is -0.492 e. The van der Waals surface area contributed by atoms with Crippen molar-refractivity contribution in [3.05, 3.63) is 48.5 Å². The second-order valence-electron chi connectivity index (χ2n) is 14.1. The van der Waals surface area contributed by atoms with Gasteiger partial charge in [-0.1, -0.05) is 113 Å². The SMILES string of the molecule is CCOC(=O)C(CCCOc1c2ccccc2c(OCCCC(CC2CCCCC2)C(=O)OCC)c2ccccc12)CC1CCCCC1. The summed E-state index contributed by atoms with van der Waals surface area (Å²) in [7, 11) is 0. The molecule has 2 saturated carbocycles. The molecule has 0 N–H and O–H groups in total. The van der Waals surface area contributed by atoms with Crippen LogP contribution in [0.4, 0.5) is 0 Å². The van der Waals surface area contributed by atoms with E-state index in [1.54, 1.807) is 0 Å². The van der Waals surface area contributed by atoms with Crippen LogP contribution in [0.2, 0.25) is 0 Å². The van der Waals surface area contributed by atoms with Gasteiger partial charge in [-0.2, -0.15) is 0 Å². The van der Waals surface area contributed by atoms with Crippen molar-refractivity contribution in [3.8, 4) is 11.5 Å². The summed E-state index contributed by atoms with van der Waals surface area (Å²) in [5, 5.41) is 4.10. The Balaban J connectivity index is 1.25. The zero-order valence-corrected chi connectivity index (χ0v) is 29.5. The molecule has 5 rings (SSSR count). The van der Waals surface area contributed by atoms with Gasteiger partial charge in [0, 0.05) is 21.5 Å². The lowest BCUT2D eigenvalue weighted by atomic mass is 9.81. The highest BCUT2D eigenvalue weighted by Crippen LogP contribution is 2.43. The molecule has 6 heteroatoms. The molecule has 2 aliphatic rings. The first kappa shape index (κ1) is 36.0. The number of fused-ring (bicyclic) bond motifs is 2. The van der Waals surface area contributed by atoms with E-state index in [1.165, 1.54) is 64.2 Å². The molecular weight excluding hydrogens is 600 g/mol. The Labute approximate surface area is 288 Å². The molecule has 0 bridgehead atoms. The fourth-order valence-corrected chi connectivity index (χ4v) is 8.20. The van der Waals surface area contributed by atoms with Gasteiger partial charge in [0.2, 0.25) is 0 Å². The lowest BCUT2D eigenvalue weighted by Crippen LogP contribution is -2.23. The summed E-state index contributed by atoms with van der Waals surface area (Å²) >= 11 is 0. The molecule has 6 nitrogen and oxygen atoms in total. The maximum atomic E-state index is 12.9. The highest BCUT2D eigenvalue weighted by molar-refractivity contribution is 6.11. The van der Waals surface area contributed by atoms with E-state index in [0.717, 1.165) is 71.6 Å². The van der Waals surface area contributed by atoms with Crippen molar-refractivity contribution in [1.29, 1.82) is 0 Å². The van der Waals surface area contributed by atoms with E-state index in [2.05, 4.69) is 24.3 Å². The van der Waals surface area contributed by atoms with Crippen molar-refractivity contribution >= 4 is 33.5 Å². The van der Waals surface area contributed by atoms with E-state index in [1.807, 2.05) is 38.1 Å². The zero-order valence-electron chi connectivity index (χ0n) is 29.5. The molecule has 3 aromatic carbocycles. The third-order valence-electron chi connectivity index (χ3n) is 10.6. The van der Waals surface area contributed by atoms with Crippen molar-refractivity contribution in [2.75, 3.05) is 26.4 Å². The Kier molecular flexibility index (Phi) is 14.3. The lowest BCUT2D eigenvalue weighted by molar-refractivity contribution is -0.150. The number of ether oxygens (including phenoxy) is 4. The molecule has 0 aromatic heterocycles. The van der Waals surface area contributed by atoms with Crippen LogP contribution >= 0.6 is 0 Å². The third kappa shape index (κ3) is 9.89. The van der Waals surface area contributed by atoms with Crippen LogP contribution in [0.5, 0.6) is 11.5 Å². The summed E-state index contributed by atoms with van der Waals surface area (Å²) < 4.78 is 24.1. The second-order valence-corrected chi connectivity index (χ2v) is 14.1. The van der Waals surface area contributed by atoms with Crippen LogP contribution in [0.15, 0.2) is 48.5 Å². The van der Waals surface area contributed by atoms with Gasteiger partial charge in [-0.15, -0.1) is 0 Å². The normalized spacial score (nSPS) is 17.2. The van der Waals surface area contributed by atoms with Crippen molar-refractivity contribution in [3.63, 3.8) is 0 Å². The Morgan fingerprint density at radius 1 is 0.583 bits per heavy atom. The van der Waals surface area contributed by atoms with Gasteiger partial charge in [0.1, 0.15) is 11.5 Å². The number of carbonyl (C=O) groups is 2. The van der Waals surface area contributed by atoms with Crippen LogP contribution in [0.1, 0.15) is 117 Å². The van der Waals surface area contributed by atoms with Gasteiger partial charge in [0.25, 0.3) is 0 Å². The smallest absolute Gasteiger partial charge is 0.308 e. The maximum absolute atomic E-state index is 12.9. The van der Waals surface area contributed by atoms with Crippen molar-refractivity contribution in [1.82, 2.24) is 0 Å². The molecule has 0 radical (unpaired) electrons. The fourth-order valence-electron chi connectivity index (χ4n) is 8.20. The number of carbonyl (C=O) groups excluding carboxylic acids is 2. The summed E-state index contributed by atoms with van der Waals surface area (Å²) in [6.45, 7) is 5.70. The van der Waals surface area contributed by atoms with Crippen molar-refractivity contribution in [2.45, 2.75) is 117 Å². The zero-order chi connectivity index (χ0) is 33.6. The van der Waals surface area contributed by atoms with E-state index in [-0.39, 0.29) is 23.8 Å². The van der Waals surface area contributed by atoms with E-state index < -0.39 is 0 Å². The molecule has 2 aliphatic carbocycles.